The van der Waals surface area contributed by atoms with E-state index in [1.807, 2.05) is 25.7 Å². The molecule has 0 N–H and O–H groups in total. The van der Waals surface area contributed by atoms with E-state index in [2.05, 4.69) is 19.9 Å². The van der Waals surface area contributed by atoms with Crippen LogP contribution in [0.1, 0.15) is 33.6 Å². The summed E-state index contributed by atoms with van der Waals surface area (Å²) in [5.74, 6) is 0.654. The Labute approximate surface area is 177 Å². The van der Waals surface area contributed by atoms with E-state index < -0.39 is 5.60 Å². The number of hydrogen-bond acceptors (Lipinski definition) is 6. The van der Waals surface area contributed by atoms with Gasteiger partial charge in [0.2, 0.25) is 5.28 Å². The zero-order valence-electron chi connectivity index (χ0n) is 15.7. The number of piperazine rings is 1. The first-order chi connectivity index (χ1) is 13.1. The number of aromatic nitrogens is 3. The maximum Gasteiger partial charge on any atom is 0.410 e. The molecule has 4 rings (SSSR count). The average molecular weight is 445 g/mol. The van der Waals surface area contributed by atoms with E-state index >= 15 is 0 Å². The highest BCUT2D eigenvalue weighted by Gasteiger charge is 2.45. The second kappa shape index (κ2) is 7.04. The number of halogens is 3. The first-order valence-corrected chi connectivity index (χ1v) is 10.2. The van der Waals surface area contributed by atoms with E-state index in [0.717, 1.165) is 12.8 Å². The van der Waals surface area contributed by atoms with Crippen molar-refractivity contribution in [1.29, 1.82) is 0 Å². The van der Waals surface area contributed by atoms with Crippen LogP contribution >= 0.6 is 34.8 Å². The van der Waals surface area contributed by atoms with Gasteiger partial charge in [0.25, 0.3) is 0 Å². The van der Waals surface area contributed by atoms with Crippen LogP contribution in [0.25, 0.3) is 11.0 Å². The Bertz CT molecular complexity index is 935. The number of amides is 1. The smallest absolute Gasteiger partial charge is 0.410 e. The van der Waals surface area contributed by atoms with E-state index in [4.69, 9.17) is 39.5 Å². The Morgan fingerprint density at radius 3 is 2.36 bits per heavy atom. The van der Waals surface area contributed by atoms with Gasteiger partial charge in [0.1, 0.15) is 16.6 Å². The lowest BCUT2D eigenvalue weighted by Gasteiger charge is -2.42. The molecule has 2 saturated heterocycles. The highest BCUT2D eigenvalue weighted by molar-refractivity contribution is 6.41. The summed E-state index contributed by atoms with van der Waals surface area (Å²) in [6, 6.07) is 1.81. The minimum absolute atomic E-state index is 0.0492. The third kappa shape index (κ3) is 3.67. The van der Waals surface area contributed by atoms with Gasteiger partial charge in [0, 0.05) is 13.1 Å². The van der Waals surface area contributed by atoms with Crippen molar-refractivity contribution in [2.24, 2.45) is 0 Å². The predicted octanol–water partition coefficient (Wildman–Crippen LogP) is 4.57. The maximum atomic E-state index is 12.7. The van der Waals surface area contributed by atoms with E-state index in [-0.39, 0.29) is 28.6 Å². The minimum atomic E-state index is -0.522. The van der Waals surface area contributed by atoms with Crippen molar-refractivity contribution in [1.82, 2.24) is 19.9 Å². The lowest BCUT2D eigenvalue weighted by atomic mass is 10.1. The molecule has 2 aromatic rings. The van der Waals surface area contributed by atoms with Crippen LogP contribution in [0.4, 0.5) is 10.6 Å². The van der Waals surface area contributed by atoms with Gasteiger partial charge in [0.15, 0.2) is 5.65 Å². The number of anilines is 1. The molecule has 2 fully saturated rings. The van der Waals surface area contributed by atoms with Crippen LogP contribution in [-0.4, -0.2) is 56.7 Å². The third-order valence-corrected chi connectivity index (χ3v) is 5.78. The molecule has 150 valence electrons. The molecule has 0 unspecified atom stereocenters. The minimum Gasteiger partial charge on any atom is -0.444 e. The molecule has 4 heterocycles. The SMILES string of the molecule is CC(C)(C)OC(=O)N1[C@@H]2CC[C@H]1CN(c1nc(Cl)nc3nc(Cl)c(Cl)cc13)C2. The molecule has 10 heteroatoms. The van der Waals surface area contributed by atoms with E-state index in [0.29, 0.717) is 35.0 Å². The van der Waals surface area contributed by atoms with E-state index in [1.54, 1.807) is 6.07 Å². The molecular weight excluding hydrogens is 425 g/mol. The Kier molecular flexibility index (Phi) is 4.96. The van der Waals surface area contributed by atoms with Gasteiger partial charge in [-0.2, -0.15) is 9.97 Å². The molecule has 7 nitrogen and oxygen atoms in total. The Morgan fingerprint density at radius 1 is 1.11 bits per heavy atom. The molecule has 1 amide bonds. The molecule has 0 radical (unpaired) electrons. The molecule has 2 aliphatic rings. The summed E-state index contributed by atoms with van der Waals surface area (Å²) in [4.78, 5) is 29.4. The second-order valence-electron chi connectivity index (χ2n) is 8.13. The summed E-state index contributed by atoms with van der Waals surface area (Å²) in [7, 11) is 0. The number of carbonyl (C=O) groups excluding carboxylic acids is 1. The van der Waals surface area contributed by atoms with Gasteiger partial charge in [-0.3, -0.25) is 4.90 Å². The van der Waals surface area contributed by atoms with Crippen molar-refractivity contribution < 1.29 is 9.53 Å². The Hall–Kier alpha value is -1.57. The molecule has 2 bridgehead atoms. The normalized spacial score (nSPS) is 22.1. The molecule has 2 atom stereocenters. The Balaban J connectivity index is 1.65. The van der Waals surface area contributed by atoms with Crippen molar-refractivity contribution in [3.63, 3.8) is 0 Å². The topological polar surface area (TPSA) is 71.5 Å². The van der Waals surface area contributed by atoms with Crippen molar-refractivity contribution in [2.75, 3.05) is 18.0 Å². The van der Waals surface area contributed by atoms with Crippen LogP contribution in [0, 0.1) is 0 Å². The van der Waals surface area contributed by atoms with Gasteiger partial charge in [-0.1, -0.05) is 23.2 Å². The fourth-order valence-electron chi connectivity index (χ4n) is 3.90. The lowest BCUT2D eigenvalue weighted by Crippen LogP contribution is -2.57. The largest absolute Gasteiger partial charge is 0.444 e. The van der Waals surface area contributed by atoms with Crippen LogP contribution in [0.5, 0.6) is 0 Å². The standard InChI is InChI=1S/C18H20Cl3N5O2/c1-18(2,3)28-17(27)26-9-4-5-10(26)8-25(7-9)15-11-6-12(19)13(20)22-14(11)23-16(21)24-15/h6,9-10H,4-5,7-8H2,1-3H3/t9-,10+. The van der Waals surface area contributed by atoms with Crippen molar-refractivity contribution in [2.45, 2.75) is 51.3 Å². The maximum absolute atomic E-state index is 12.7. The summed E-state index contributed by atoms with van der Waals surface area (Å²) >= 11 is 18.3. The van der Waals surface area contributed by atoms with Gasteiger partial charge < -0.3 is 9.64 Å². The summed E-state index contributed by atoms with van der Waals surface area (Å²) in [5.41, 5.74) is -0.127. The molecule has 0 aliphatic carbocycles. The second-order valence-corrected chi connectivity index (χ2v) is 9.23. The first kappa shape index (κ1) is 19.7. The summed E-state index contributed by atoms with van der Waals surface area (Å²) in [5, 5.41) is 1.28. The molecule has 0 spiro atoms. The Morgan fingerprint density at radius 2 is 1.75 bits per heavy atom. The highest BCUT2D eigenvalue weighted by atomic mass is 35.5. The van der Waals surface area contributed by atoms with Crippen LogP contribution in [0.3, 0.4) is 0 Å². The fourth-order valence-corrected chi connectivity index (χ4v) is 4.34. The van der Waals surface area contributed by atoms with Crippen LogP contribution in [-0.2, 0) is 4.74 Å². The number of hydrogen-bond donors (Lipinski definition) is 0. The predicted molar refractivity (Wildman–Crippen MR) is 109 cm³/mol. The summed E-state index contributed by atoms with van der Waals surface area (Å²) in [6.07, 6.45) is 1.57. The van der Waals surface area contributed by atoms with Gasteiger partial charge in [-0.05, 0) is 51.3 Å². The first-order valence-electron chi connectivity index (χ1n) is 9.08. The van der Waals surface area contributed by atoms with Crippen LogP contribution in [0.15, 0.2) is 6.07 Å². The van der Waals surface area contributed by atoms with E-state index in [1.165, 1.54) is 0 Å². The van der Waals surface area contributed by atoms with Crippen LogP contribution in [0.2, 0.25) is 15.5 Å². The van der Waals surface area contributed by atoms with E-state index in [9.17, 15) is 4.79 Å². The molecule has 0 saturated carbocycles. The third-order valence-electron chi connectivity index (χ3n) is 4.94. The van der Waals surface area contributed by atoms with Crippen molar-refractivity contribution in [3.8, 4) is 0 Å². The molecular formula is C18H20Cl3N5O2. The molecule has 2 aromatic heterocycles. The number of ether oxygens (including phenoxy) is 1. The summed E-state index contributed by atoms with van der Waals surface area (Å²) in [6.45, 7) is 6.87. The summed E-state index contributed by atoms with van der Waals surface area (Å²) < 4.78 is 5.60. The molecule has 28 heavy (non-hydrogen) atoms. The monoisotopic (exact) mass is 443 g/mol. The number of fused-ring (bicyclic) bond motifs is 3. The van der Waals surface area contributed by atoms with Gasteiger partial charge >= 0.3 is 6.09 Å². The quantitative estimate of drug-likeness (QED) is 0.474. The molecule has 0 aromatic carbocycles. The zero-order valence-corrected chi connectivity index (χ0v) is 18.0. The van der Waals surface area contributed by atoms with Crippen LogP contribution < -0.4 is 4.90 Å². The van der Waals surface area contributed by atoms with Crippen molar-refractivity contribution in [3.05, 3.63) is 21.5 Å². The number of rotatable bonds is 1. The number of nitrogens with zero attached hydrogens (tertiary/aromatic N) is 5. The fraction of sp³-hybridized carbons (Fsp3) is 0.556. The van der Waals surface area contributed by atoms with Gasteiger partial charge in [-0.25, -0.2) is 9.78 Å². The van der Waals surface area contributed by atoms with Crippen molar-refractivity contribution >= 4 is 57.7 Å². The molecule has 2 aliphatic heterocycles. The zero-order chi connectivity index (χ0) is 20.2. The van der Waals surface area contributed by atoms with Gasteiger partial charge in [0.05, 0.1) is 22.5 Å². The highest BCUT2D eigenvalue weighted by Crippen LogP contribution is 2.36. The van der Waals surface area contributed by atoms with Gasteiger partial charge in [-0.15, -0.1) is 0 Å². The number of pyridine rings is 1. The lowest BCUT2D eigenvalue weighted by molar-refractivity contribution is 0.0123. The average Bonchev–Trinajstić information content (AvgIpc) is 2.85. The number of carbonyl (C=O) groups is 1.